The third kappa shape index (κ3) is 3.65. The Kier molecular flexibility index (Phi) is 5.46. The van der Waals surface area contributed by atoms with Crippen molar-refractivity contribution < 1.29 is 18.0 Å². The number of nitrogens with zero attached hydrogens (tertiary/aromatic N) is 1. The van der Waals surface area contributed by atoms with Gasteiger partial charge in [0, 0.05) is 20.9 Å². The molecular weight excluding hydrogens is 501 g/mol. The predicted octanol–water partition coefficient (Wildman–Crippen LogP) is 6.28. The highest BCUT2D eigenvalue weighted by Crippen LogP contribution is 2.64. The van der Waals surface area contributed by atoms with Crippen molar-refractivity contribution in [3.63, 3.8) is 0 Å². The molecule has 1 N–H and O–H groups in total. The quantitative estimate of drug-likeness (QED) is 0.439. The molecule has 2 saturated carbocycles. The van der Waals surface area contributed by atoms with Gasteiger partial charge in [-0.15, -0.1) is 23.1 Å². The van der Waals surface area contributed by atoms with Crippen molar-refractivity contribution in [1.82, 2.24) is 4.57 Å². The van der Waals surface area contributed by atoms with Gasteiger partial charge in [0.1, 0.15) is 6.54 Å². The number of carbonyl (C=O) groups excluding carboxylic acids is 1. The fourth-order valence-electron chi connectivity index (χ4n) is 6.05. The summed E-state index contributed by atoms with van der Waals surface area (Å²) in [5.74, 6) is 1.29. The van der Waals surface area contributed by atoms with Gasteiger partial charge < -0.3 is 5.32 Å². The van der Waals surface area contributed by atoms with E-state index in [1.54, 1.807) is 23.1 Å². The van der Waals surface area contributed by atoms with Crippen molar-refractivity contribution in [2.45, 2.75) is 48.2 Å². The molecule has 5 atom stereocenters. The number of thiophene rings is 1. The van der Waals surface area contributed by atoms with Crippen molar-refractivity contribution in [2.24, 2.45) is 17.8 Å². The first-order chi connectivity index (χ1) is 16.3. The first-order valence-corrected chi connectivity index (χ1v) is 13.8. The summed E-state index contributed by atoms with van der Waals surface area (Å²) in [4.78, 5) is 27.9. The zero-order chi connectivity index (χ0) is 23.6. The molecule has 2 aliphatic carbocycles. The molecule has 1 amide bonds. The number of rotatable bonds is 4. The van der Waals surface area contributed by atoms with Gasteiger partial charge in [0.2, 0.25) is 5.91 Å². The highest BCUT2D eigenvalue weighted by molar-refractivity contribution is 8.00. The zero-order valence-corrected chi connectivity index (χ0v) is 20.3. The zero-order valence-electron chi connectivity index (χ0n) is 17.9. The molecule has 2 bridgehead atoms. The summed E-state index contributed by atoms with van der Waals surface area (Å²) in [6, 6.07) is 9.06. The van der Waals surface area contributed by atoms with E-state index >= 15 is 0 Å². The molecule has 2 fully saturated rings. The maximum Gasteiger partial charge on any atom is 0.418 e. The van der Waals surface area contributed by atoms with Crippen LogP contribution < -0.4 is 10.2 Å². The molecule has 6 rings (SSSR count). The Morgan fingerprint density at radius 3 is 2.68 bits per heavy atom. The Labute approximate surface area is 206 Å². The number of amides is 1. The number of carbonyl (C=O) groups is 1. The SMILES string of the molecule is O=C(Cn1c2c(sc1=O)[C@@H](c1cccs1)C1C3CCC(C3)C1S2)Nc1ccccc1C(F)(F)F. The van der Waals surface area contributed by atoms with Gasteiger partial charge in [-0.3, -0.25) is 14.2 Å². The second-order valence-electron chi connectivity index (χ2n) is 9.20. The summed E-state index contributed by atoms with van der Waals surface area (Å²) in [5, 5.41) is 5.67. The molecule has 34 heavy (non-hydrogen) atoms. The summed E-state index contributed by atoms with van der Waals surface area (Å²) in [6.07, 6.45) is -0.921. The normalized spacial score (nSPS) is 27.4. The van der Waals surface area contributed by atoms with Crippen molar-refractivity contribution in [3.05, 3.63) is 66.8 Å². The molecule has 0 saturated heterocycles. The van der Waals surface area contributed by atoms with Crippen LogP contribution in [0, 0.1) is 17.8 Å². The number of alkyl halides is 3. The lowest BCUT2D eigenvalue weighted by Gasteiger charge is -2.40. The lowest BCUT2D eigenvalue weighted by Crippen LogP contribution is -2.34. The van der Waals surface area contributed by atoms with Crippen LogP contribution in [0.15, 0.2) is 51.6 Å². The molecular formula is C24H21F3N2O2S3. The monoisotopic (exact) mass is 522 g/mol. The first kappa shape index (κ1) is 22.4. The van der Waals surface area contributed by atoms with E-state index in [-0.39, 0.29) is 23.0 Å². The molecule has 3 heterocycles. The van der Waals surface area contributed by atoms with E-state index in [0.717, 1.165) is 16.0 Å². The highest BCUT2D eigenvalue weighted by atomic mass is 32.2. The second kappa shape index (κ2) is 8.27. The smallest absolute Gasteiger partial charge is 0.324 e. The van der Waals surface area contributed by atoms with Gasteiger partial charge in [-0.05, 0) is 60.6 Å². The number of hydrogen-bond acceptors (Lipinski definition) is 5. The number of thioether (sulfide) groups is 1. The van der Waals surface area contributed by atoms with Gasteiger partial charge in [0.15, 0.2) is 0 Å². The maximum absolute atomic E-state index is 13.3. The van der Waals surface area contributed by atoms with Gasteiger partial charge in [0.25, 0.3) is 0 Å². The minimum atomic E-state index is -4.58. The third-order valence-corrected chi connectivity index (χ3v) is 11.1. The number of benzene rings is 1. The first-order valence-electron chi connectivity index (χ1n) is 11.2. The van der Waals surface area contributed by atoms with E-state index in [9.17, 15) is 22.8 Å². The Balaban J connectivity index is 1.33. The average Bonchev–Trinajstić information content (AvgIpc) is 3.58. The standard InChI is InChI=1S/C24H21F3N2O2S3/c25-24(26,27)14-4-1-2-5-15(14)28-17(30)11-29-22-21(34-23(29)31)19(16-6-3-9-32-16)18-12-7-8-13(10-12)20(18)33-22/h1-6,9,12-13,18-20H,7-8,10-11H2,(H,28,30)/t12?,13?,18?,19-,20?/m0/s1. The largest absolute Gasteiger partial charge is 0.418 e. The summed E-state index contributed by atoms with van der Waals surface area (Å²) in [6.45, 7) is -0.299. The van der Waals surface area contributed by atoms with Gasteiger partial charge in [-0.25, -0.2) is 0 Å². The molecule has 0 radical (unpaired) electrons. The molecule has 4 unspecified atom stereocenters. The predicted molar refractivity (Wildman–Crippen MR) is 129 cm³/mol. The lowest BCUT2D eigenvalue weighted by molar-refractivity contribution is -0.137. The Hall–Kier alpha value is -2.04. The van der Waals surface area contributed by atoms with Crippen LogP contribution >= 0.6 is 34.4 Å². The molecule has 1 aliphatic heterocycles. The number of nitrogens with one attached hydrogen (secondary N) is 1. The van der Waals surface area contributed by atoms with Gasteiger partial charge in [-0.2, -0.15) is 13.2 Å². The molecule has 1 aromatic carbocycles. The van der Waals surface area contributed by atoms with E-state index in [4.69, 9.17) is 0 Å². The highest BCUT2D eigenvalue weighted by Gasteiger charge is 2.55. The minimum Gasteiger partial charge on any atom is -0.324 e. The van der Waals surface area contributed by atoms with Crippen LogP contribution in [-0.2, 0) is 17.5 Å². The van der Waals surface area contributed by atoms with Gasteiger partial charge >= 0.3 is 11.0 Å². The number of thiazole rings is 1. The minimum absolute atomic E-state index is 0.157. The average molecular weight is 523 g/mol. The summed E-state index contributed by atoms with van der Waals surface area (Å²) in [5.41, 5.74) is -1.20. The van der Waals surface area contributed by atoms with E-state index in [1.165, 1.54) is 58.2 Å². The van der Waals surface area contributed by atoms with Gasteiger partial charge in [0.05, 0.1) is 16.3 Å². The van der Waals surface area contributed by atoms with Crippen LogP contribution in [0.5, 0.6) is 0 Å². The molecule has 2 aromatic heterocycles. The van der Waals surface area contributed by atoms with E-state index < -0.39 is 17.6 Å². The summed E-state index contributed by atoms with van der Waals surface area (Å²) >= 11 is 4.61. The number of aromatic nitrogens is 1. The number of hydrogen-bond donors (Lipinski definition) is 1. The summed E-state index contributed by atoms with van der Waals surface area (Å²) in [7, 11) is 0. The summed E-state index contributed by atoms with van der Waals surface area (Å²) < 4.78 is 41.5. The van der Waals surface area contributed by atoms with Crippen LogP contribution in [0.1, 0.15) is 40.5 Å². The van der Waals surface area contributed by atoms with E-state index in [2.05, 4.69) is 16.8 Å². The topological polar surface area (TPSA) is 51.1 Å². The van der Waals surface area contributed by atoms with Gasteiger partial charge in [-0.1, -0.05) is 29.5 Å². The van der Waals surface area contributed by atoms with Crippen LogP contribution in [0.3, 0.4) is 0 Å². The van der Waals surface area contributed by atoms with Crippen LogP contribution in [-0.4, -0.2) is 15.7 Å². The number of fused-ring (bicyclic) bond motifs is 6. The number of anilines is 1. The van der Waals surface area contributed by atoms with Crippen molar-refractivity contribution in [2.75, 3.05) is 5.32 Å². The Morgan fingerprint density at radius 1 is 1.12 bits per heavy atom. The molecule has 3 aliphatic rings. The Morgan fingerprint density at radius 2 is 1.91 bits per heavy atom. The molecule has 10 heteroatoms. The Bertz CT molecular complexity index is 1300. The molecule has 178 valence electrons. The fraction of sp³-hybridized carbons (Fsp3) is 0.417. The van der Waals surface area contributed by atoms with Crippen LogP contribution in [0.4, 0.5) is 18.9 Å². The number of para-hydroxylation sites is 1. The van der Waals surface area contributed by atoms with Crippen molar-refractivity contribution in [3.8, 4) is 0 Å². The molecule has 3 aromatic rings. The second-order valence-corrected chi connectivity index (χ2v) is 12.3. The van der Waals surface area contributed by atoms with Crippen LogP contribution in [0.2, 0.25) is 0 Å². The fourth-order valence-corrected chi connectivity index (χ4v) is 10.2. The van der Waals surface area contributed by atoms with Crippen LogP contribution in [0.25, 0.3) is 0 Å². The van der Waals surface area contributed by atoms with E-state index in [0.29, 0.717) is 23.0 Å². The third-order valence-electron chi connectivity index (χ3n) is 7.35. The molecule has 4 nitrogen and oxygen atoms in total. The maximum atomic E-state index is 13.3. The van der Waals surface area contributed by atoms with E-state index in [1.807, 2.05) is 6.07 Å². The number of halogens is 3. The lowest BCUT2D eigenvalue weighted by atomic mass is 9.77. The van der Waals surface area contributed by atoms with Crippen molar-refractivity contribution in [1.29, 1.82) is 0 Å². The molecule has 0 spiro atoms. The van der Waals surface area contributed by atoms with Crippen molar-refractivity contribution >= 4 is 46.0 Å².